The molecule has 32 heavy (non-hydrogen) atoms. The molecule has 3 aliphatic carbocycles. The predicted octanol–water partition coefficient (Wildman–Crippen LogP) is 8.00. The summed E-state index contributed by atoms with van der Waals surface area (Å²) in [6.07, 6.45) is 9.01. The Hall–Kier alpha value is -2.88. The van der Waals surface area contributed by atoms with Crippen molar-refractivity contribution in [3.63, 3.8) is 0 Å². The molecule has 2 aromatic carbocycles. The molecule has 0 aliphatic heterocycles. The van der Waals surface area contributed by atoms with Crippen LogP contribution in [0.3, 0.4) is 0 Å². The zero-order chi connectivity index (χ0) is 21.9. The highest BCUT2D eigenvalue weighted by Crippen LogP contribution is 2.49. The Kier molecular flexibility index (Phi) is 4.53. The summed E-state index contributed by atoms with van der Waals surface area (Å²) in [6, 6.07) is 13.2. The van der Waals surface area contributed by atoms with E-state index >= 15 is 0 Å². The number of alkyl halides is 3. The van der Waals surface area contributed by atoms with Gasteiger partial charge in [0, 0.05) is 11.8 Å². The number of rotatable bonds is 2. The lowest BCUT2D eigenvalue weighted by molar-refractivity contribution is -0.141. The van der Waals surface area contributed by atoms with Crippen LogP contribution in [0.1, 0.15) is 48.9 Å². The summed E-state index contributed by atoms with van der Waals surface area (Å²) in [7, 11) is 0. The summed E-state index contributed by atoms with van der Waals surface area (Å²) in [5.74, 6) is 1.47. The van der Waals surface area contributed by atoms with Gasteiger partial charge in [-0.1, -0.05) is 54.5 Å². The van der Waals surface area contributed by atoms with Gasteiger partial charge >= 0.3 is 6.18 Å². The van der Waals surface area contributed by atoms with Crippen molar-refractivity contribution in [2.75, 3.05) is 0 Å². The van der Waals surface area contributed by atoms with Crippen molar-refractivity contribution in [3.05, 3.63) is 83.2 Å². The van der Waals surface area contributed by atoms with Crippen LogP contribution in [0.2, 0.25) is 0 Å². The molecule has 1 atom stereocenters. The van der Waals surface area contributed by atoms with Gasteiger partial charge in [-0.25, -0.2) is 0 Å². The van der Waals surface area contributed by atoms with E-state index in [2.05, 4.69) is 41.4 Å². The molecule has 1 unspecified atom stereocenters. The van der Waals surface area contributed by atoms with Gasteiger partial charge in [0.25, 0.3) is 0 Å². The van der Waals surface area contributed by atoms with Crippen LogP contribution in [0.4, 0.5) is 13.2 Å². The Morgan fingerprint density at radius 1 is 0.938 bits per heavy atom. The number of fused-ring (bicyclic) bond motifs is 4. The second-order valence-corrected chi connectivity index (χ2v) is 9.34. The minimum absolute atomic E-state index is 0.653. The molecule has 1 heterocycles. The number of pyridine rings is 1. The molecule has 3 aliphatic rings. The van der Waals surface area contributed by atoms with E-state index in [0.717, 1.165) is 35.8 Å². The fraction of sp³-hybridized carbons (Fsp3) is 0.321. The number of nitrogens with zero attached hydrogens (tertiary/aromatic N) is 1. The maximum Gasteiger partial charge on any atom is 0.433 e. The Labute approximate surface area is 185 Å². The largest absolute Gasteiger partial charge is 0.433 e. The second-order valence-electron chi connectivity index (χ2n) is 9.34. The van der Waals surface area contributed by atoms with Crippen LogP contribution in [0.15, 0.2) is 66.4 Å². The molecule has 0 bridgehead atoms. The molecule has 0 spiro atoms. The van der Waals surface area contributed by atoms with E-state index in [0.29, 0.717) is 11.5 Å². The minimum atomic E-state index is -4.42. The first-order valence-corrected chi connectivity index (χ1v) is 11.5. The van der Waals surface area contributed by atoms with Crippen LogP contribution >= 0.6 is 0 Å². The van der Waals surface area contributed by atoms with E-state index in [-0.39, 0.29) is 0 Å². The summed E-state index contributed by atoms with van der Waals surface area (Å²) >= 11 is 0. The zero-order valence-corrected chi connectivity index (χ0v) is 17.8. The van der Waals surface area contributed by atoms with Gasteiger partial charge in [0.2, 0.25) is 0 Å². The van der Waals surface area contributed by atoms with Gasteiger partial charge in [0.05, 0.1) is 0 Å². The van der Waals surface area contributed by atoms with E-state index < -0.39 is 11.9 Å². The van der Waals surface area contributed by atoms with E-state index in [4.69, 9.17) is 0 Å². The van der Waals surface area contributed by atoms with Crippen molar-refractivity contribution >= 4 is 16.3 Å². The predicted molar refractivity (Wildman–Crippen MR) is 122 cm³/mol. The summed E-state index contributed by atoms with van der Waals surface area (Å²) < 4.78 is 38.6. The monoisotopic (exact) mass is 431 g/mol. The normalized spacial score (nSPS) is 20.8. The van der Waals surface area contributed by atoms with Crippen molar-refractivity contribution in [2.45, 2.75) is 44.7 Å². The summed E-state index contributed by atoms with van der Waals surface area (Å²) in [5.41, 5.74) is 6.63. The molecule has 0 radical (unpaired) electrons. The van der Waals surface area contributed by atoms with Crippen LogP contribution in [-0.4, -0.2) is 4.98 Å². The van der Waals surface area contributed by atoms with Crippen LogP contribution in [0, 0.1) is 11.8 Å². The minimum Gasteiger partial charge on any atom is -0.251 e. The van der Waals surface area contributed by atoms with Crippen LogP contribution in [0.5, 0.6) is 0 Å². The number of halogens is 3. The molecule has 0 amide bonds. The van der Waals surface area contributed by atoms with E-state index in [1.165, 1.54) is 60.0 Å². The van der Waals surface area contributed by atoms with E-state index in [1.54, 1.807) is 5.57 Å². The number of aromatic nitrogens is 1. The number of allylic oxidation sites excluding steroid dienone is 4. The maximum atomic E-state index is 12.9. The second kappa shape index (κ2) is 7.33. The summed E-state index contributed by atoms with van der Waals surface area (Å²) in [6.45, 7) is 0. The molecule has 1 saturated carbocycles. The third-order valence-corrected chi connectivity index (χ3v) is 7.61. The lowest BCUT2D eigenvalue weighted by Gasteiger charge is -2.40. The Morgan fingerprint density at radius 3 is 2.50 bits per heavy atom. The van der Waals surface area contributed by atoms with Gasteiger partial charge in [-0.3, -0.25) is 4.98 Å². The number of hydrogen-bond donors (Lipinski definition) is 0. The van der Waals surface area contributed by atoms with Gasteiger partial charge in [-0.2, -0.15) is 13.2 Å². The quantitative estimate of drug-likeness (QED) is 0.401. The third kappa shape index (κ3) is 3.19. The molecule has 0 saturated heterocycles. The lowest BCUT2D eigenvalue weighted by atomic mass is 9.64. The van der Waals surface area contributed by atoms with Gasteiger partial charge < -0.3 is 0 Å². The molecule has 0 N–H and O–H groups in total. The third-order valence-electron chi connectivity index (χ3n) is 7.61. The topological polar surface area (TPSA) is 12.9 Å². The molecular formula is C28H24F3N. The van der Waals surface area contributed by atoms with E-state index in [9.17, 15) is 13.2 Å². The molecule has 1 aromatic heterocycles. The number of benzene rings is 2. The summed E-state index contributed by atoms with van der Waals surface area (Å²) in [4.78, 5) is 3.63. The van der Waals surface area contributed by atoms with Crippen molar-refractivity contribution in [1.82, 2.24) is 4.98 Å². The average Bonchev–Trinajstić information content (AvgIpc) is 2.77. The fourth-order valence-corrected chi connectivity index (χ4v) is 5.74. The molecule has 3 aromatic rings. The Morgan fingerprint density at radius 2 is 1.78 bits per heavy atom. The first-order valence-electron chi connectivity index (χ1n) is 11.5. The molecule has 6 rings (SSSR count). The van der Waals surface area contributed by atoms with E-state index in [1.807, 2.05) is 6.07 Å². The van der Waals surface area contributed by atoms with Crippen LogP contribution in [0.25, 0.3) is 27.5 Å². The highest BCUT2D eigenvalue weighted by molar-refractivity contribution is 5.96. The smallest absolute Gasteiger partial charge is 0.251 e. The first-order chi connectivity index (χ1) is 15.5. The SMILES string of the molecule is FC(F)(F)c1ccc(-c2ccc3c4c(ccc3c2)C2=C(CCC=C2)C(C2CCC2)C4)cn1. The van der Waals surface area contributed by atoms with Gasteiger partial charge in [0.1, 0.15) is 5.69 Å². The van der Waals surface area contributed by atoms with Crippen LogP contribution in [-0.2, 0) is 12.6 Å². The van der Waals surface area contributed by atoms with Gasteiger partial charge in [0.15, 0.2) is 0 Å². The van der Waals surface area contributed by atoms with Crippen LogP contribution < -0.4 is 0 Å². The van der Waals surface area contributed by atoms with Crippen molar-refractivity contribution < 1.29 is 13.2 Å². The van der Waals surface area contributed by atoms with Gasteiger partial charge in [-0.05, 0) is 89.1 Å². The molecular weight excluding hydrogens is 407 g/mol. The highest BCUT2D eigenvalue weighted by Gasteiger charge is 2.36. The van der Waals surface area contributed by atoms with Gasteiger partial charge in [-0.15, -0.1) is 0 Å². The highest BCUT2D eigenvalue weighted by atomic mass is 19.4. The number of hydrogen-bond acceptors (Lipinski definition) is 1. The molecule has 162 valence electrons. The Bertz CT molecular complexity index is 1260. The molecule has 4 heteroatoms. The van der Waals surface area contributed by atoms with Crippen molar-refractivity contribution in [2.24, 2.45) is 11.8 Å². The Balaban J connectivity index is 1.42. The molecule has 1 fully saturated rings. The maximum absolute atomic E-state index is 12.9. The van der Waals surface area contributed by atoms with Crippen molar-refractivity contribution in [1.29, 1.82) is 0 Å². The fourth-order valence-electron chi connectivity index (χ4n) is 5.74. The summed E-state index contributed by atoms with van der Waals surface area (Å²) in [5, 5.41) is 2.40. The van der Waals surface area contributed by atoms with Crippen molar-refractivity contribution in [3.8, 4) is 11.1 Å². The molecule has 1 nitrogen and oxygen atoms in total. The average molecular weight is 432 g/mol. The zero-order valence-electron chi connectivity index (χ0n) is 17.8. The lowest BCUT2D eigenvalue weighted by Crippen LogP contribution is -2.29. The standard InChI is InChI=1S/C28H24F3N/c29-28(30,31)27-13-10-20(16-32-27)18-8-11-21-19(14-18)9-12-24-22-6-1-2-7-23(22)25(15-26(21)24)17-4-3-5-17/h1,6,8-14,16-17,25H,2-5,7,15H2. The first kappa shape index (κ1) is 19.8.